The van der Waals surface area contributed by atoms with E-state index in [9.17, 15) is 0 Å². The van der Waals surface area contributed by atoms with Crippen molar-refractivity contribution in [2.24, 2.45) is 5.41 Å². The van der Waals surface area contributed by atoms with Crippen LogP contribution in [-0.4, -0.2) is 37.8 Å². The van der Waals surface area contributed by atoms with E-state index in [1.807, 2.05) is 0 Å². The molecule has 0 aromatic rings. The molecular weight excluding hydrogens is 194 g/mol. The Bertz CT molecular complexity index is 176. The Balaban J connectivity index is 1.63. The van der Waals surface area contributed by atoms with Crippen LogP contribution in [0.4, 0.5) is 0 Å². The van der Waals surface area contributed by atoms with Gasteiger partial charge in [0.15, 0.2) is 0 Å². The van der Waals surface area contributed by atoms with E-state index in [-0.39, 0.29) is 0 Å². The zero-order valence-electron chi connectivity index (χ0n) is 9.05. The Morgan fingerprint density at radius 3 is 2.93 bits per heavy atom. The third-order valence-electron chi connectivity index (χ3n) is 3.49. The highest BCUT2D eigenvalue weighted by atomic mass is 32.2. The van der Waals surface area contributed by atoms with Gasteiger partial charge in [-0.05, 0) is 36.9 Å². The third kappa shape index (κ3) is 2.88. The van der Waals surface area contributed by atoms with Crippen LogP contribution in [0.15, 0.2) is 0 Å². The van der Waals surface area contributed by atoms with Crippen LogP contribution in [-0.2, 0) is 4.74 Å². The second-order valence-corrected chi connectivity index (χ2v) is 5.83. The second-order valence-electron chi connectivity index (χ2n) is 4.68. The van der Waals surface area contributed by atoms with E-state index < -0.39 is 0 Å². The lowest BCUT2D eigenvalue weighted by atomic mass is 10.0. The molecule has 0 bridgehead atoms. The van der Waals surface area contributed by atoms with Gasteiger partial charge in [0.2, 0.25) is 0 Å². The molecule has 0 amide bonds. The lowest BCUT2D eigenvalue weighted by molar-refractivity contribution is 0.170. The minimum atomic E-state index is 0.614. The van der Waals surface area contributed by atoms with Gasteiger partial charge in [-0.25, -0.2) is 0 Å². The Labute approximate surface area is 91.2 Å². The van der Waals surface area contributed by atoms with Crippen molar-refractivity contribution < 1.29 is 4.74 Å². The average molecular weight is 215 g/mol. The van der Waals surface area contributed by atoms with Gasteiger partial charge in [0.05, 0.1) is 0 Å². The fourth-order valence-electron chi connectivity index (χ4n) is 2.07. The van der Waals surface area contributed by atoms with Gasteiger partial charge in [-0.2, -0.15) is 11.8 Å². The van der Waals surface area contributed by atoms with Crippen molar-refractivity contribution in [3.05, 3.63) is 0 Å². The molecule has 14 heavy (non-hydrogen) atoms. The number of rotatable bonds is 6. The van der Waals surface area contributed by atoms with Crippen molar-refractivity contribution >= 4 is 11.8 Å². The normalized spacial score (nSPS) is 29.4. The first-order valence-electron chi connectivity index (χ1n) is 5.65. The molecule has 2 aliphatic rings. The van der Waals surface area contributed by atoms with Crippen molar-refractivity contribution in [2.75, 3.05) is 31.8 Å². The summed E-state index contributed by atoms with van der Waals surface area (Å²) < 4.78 is 5.16. The molecule has 0 radical (unpaired) electrons. The smallest absolute Gasteiger partial charge is 0.0468 e. The lowest BCUT2D eigenvalue weighted by Gasteiger charge is -2.18. The van der Waals surface area contributed by atoms with Crippen LogP contribution in [0.3, 0.4) is 0 Å². The topological polar surface area (TPSA) is 21.3 Å². The molecule has 2 nitrogen and oxygen atoms in total. The van der Waals surface area contributed by atoms with E-state index in [0.717, 1.165) is 12.6 Å². The first-order chi connectivity index (χ1) is 6.85. The Morgan fingerprint density at radius 2 is 2.36 bits per heavy atom. The van der Waals surface area contributed by atoms with E-state index in [4.69, 9.17) is 4.74 Å². The fraction of sp³-hybridized carbons (Fsp3) is 1.00. The summed E-state index contributed by atoms with van der Waals surface area (Å²) in [7, 11) is 1.80. The highest BCUT2D eigenvalue weighted by molar-refractivity contribution is 7.99. The summed E-state index contributed by atoms with van der Waals surface area (Å²) in [4.78, 5) is 0. The van der Waals surface area contributed by atoms with Gasteiger partial charge in [-0.1, -0.05) is 0 Å². The fourth-order valence-corrected chi connectivity index (χ4v) is 3.25. The first kappa shape index (κ1) is 10.8. The molecule has 1 aliphatic heterocycles. The zero-order valence-corrected chi connectivity index (χ0v) is 9.87. The molecule has 0 aromatic heterocycles. The molecule has 1 N–H and O–H groups in total. The zero-order chi connectivity index (χ0) is 9.86. The predicted octanol–water partition coefficient (Wildman–Crippen LogP) is 1.90. The van der Waals surface area contributed by atoms with Crippen LogP contribution in [0.5, 0.6) is 0 Å². The minimum Gasteiger partial charge on any atom is -0.385 e. The van der Waals surface area contributed by atoms with E-state index in [2.05, 4.69) is 17.1 Å². The van der Waals surface area contributed by atoms with Crippen LogP contribution < -0.4 is 5.32 Å². The summed E-state index contributed by atoms with van der Waals surface area (Å²) >= 11 is 2.08. The average Bonchev–Trinajstić information content (AvgIpc) is 2.77. The summed E-state index contributed by atoms with van der Waals surface area (Å²) in [6.07, 6.45) is 5.42. The van der Waals surface area contributed by atoms with Crippen LogP contribution in [0.1, 0.15) is 25.7 Å². The minimum absolute atomic E-state index is 0.614. The molecule has 2 fully saturated rings. The summed E-state index contributed by atoms with van der Waals surface area (Å²) in [6.45, 7) is 2.16. The van der Waals surface area contributed by atoms with Crippen LogP contribution in [0, 0.1) is 5.41 Å². The summed E-state index contributed by atoms with van der Waals surface area (Å²) in [5, 5.41) is 3.72. The predicted molar refractivity (Wildman–Crippen MR) is 61.9 cm³/mol. The SMILES string of the molecule is COCCC1(CNC2CCSC2)CC1. The number of nitrogens with one attached hydrogen (secondary N) is 1. The van der Waals surface area contributed by atoms with Gasteiger partial charge < -0.3 is 10.1 Å². The maximum atomic E-state index is 5.16. The van der Waals surface area contributed by atoms with Gasteiger partial charge in [0.1, 0.15) is 0 Å². The van der Waals surface area contributed by atoms with E-state index in [1.165, 1.54) is 43.7 Å². The van der Waals surface area contributed by atoms with Gasteiger partial charge in [-0.3, -0.25) is 0 Å². The van der Waals surface area contributed by atoms with Crippen LogP contribution >= 0.6 is 11.8 Å². The largest absolute Gasteiger partial charge is 0.385 e. The quantitative estimate of drug-likeness (QED) is 0.731. The van der Waals surface area contributed by atoms with E-state index >= 15 is 0 Å². The Hall–Kier alpha value is 0.270. The molecule has 1 heterocycles. The molecule has 1 saturated heterocycles. The molecule has 1 saturated carbocycles. The number of methoxy groups -OCH3 is 1. The molecule has 82 valence electrons. The molecule has 2 rings (SSSR count). The molecule has 1 unspecified atom stereocenters. The monoisotopic (exact) mass is 215 g/mol. The van der Waals surface area contributed by atoms with Crippen molar-refractivity contribution in [3.8, 4) is 0 Å². The molecular formula is C11H21NOS. The number of ether oxygens (including phenoxy) is 1. The van der Waals surface area contributed by atoms with Gasteiger partial charge in [0, 0.05) is 32.1 Å². The van der Waals surface area contributed by atoms with Crippen LogP contribution in [0.25, 0.3) is 0 Å². The van der Waals surface area contributed by atoms with Gasteiger partial charge in [0.25, 0.3) is 0 Å². The molecule has 3 heteroatoms. The van der Waals surface area contributed by atoms with Gasteiger partial charge >= 0.3 is 0 Å². The van der Waals surface area contributed by atoms with Crippen molar-refractivity contribution in [1.82, 2.24) is 5.32 Å². The first-order valence-corrected chi connectivity index (χ1v) is 6.80. The highest BCUT2D eigenvalue weighted by Crippen LogP contribution is 2.48. The maximum absolute atomic E-state index is 5.16. The Kier molecular flexibility index (Phi) is 3.74. The second kappa shape index (κ2) is 4.86. The molecule has 0 spiro atoms. The lowest BCUT2D eigenvalue weighted by Crippen LogP contribution is -2.34. The van der Waals surface area contributed by atoms with Crippen LogP contribution in [0.2, 0.25) is 0 Å². The molecule has 0 aromatic carbocycles. The number of hydrogen-bond acceptors (Lipinski definition) is 3. The highest BCUT2D eigenvalue weighted by Gasteiger charge is 2.41. The molecule has 1 atom stereocenters. The van der Waals surface area contributed by atoms with Gasteiger partial charge in [-0.15, -0.1) is 0 Å². The summed E-state index contributed by atoms with van der Waals surface area (Å²) in [5.41, 5.74) is 0.614. The standard InChI is InChI=1S/C11H21NOS/c1-13-6-5-11(3-4-11)9-12-10-2-7-14-8-10/h10,12H,2-9H2,1H3. The Morgan fingerprint density at radius 1 is 1.50 bits per heavy atom. The third-order valence-corrected chi connectivity index (χ3v) is 4.65. The van der Waals surface area contributed by atoms with Crippen molar-refractivity contribution in [1.29, 1.82) is 0 Å². The summed E-state index contributed by atoms with van der Waals surface area (Å²) in [5.74, 6) is 2.67. The summed E-state index contributed by atoms with van der Waals surface area (Å²) in [6, 6.07) is 0.792. The van der Waals surface area contributed by atoms with Crippen molar-refractivity contribution in [3.63, 3.8) is 0 Å². The molecule has 1 aliphatic carbocycles. The van der Waals surface area contributed by atoms with E-state index in [0.29, 0.717) is 5.41 Å². The number of thioether (sulfide) groups is 1. The number of hydrogen-bond donors (Lipinski definition) is 1. The maximum Gasteiger partial charge on any atom is 0.0468 e. The van der Waals surface area contributed by atoms with Crippen molar-refractivity contribution in [2.45, 2.75) is 31.7 Å². The van der Waals surface area contributed by atoms with E-state index in [1.54, 1.807) is 7.11 Å².